The second kappa shape index (κ2) is 6.74. The maximum Gasteiger partial charge on any atom is 0.339 e. The third-order valence-corrected chi connectivity index (χ3v) is 6.05. The first-order chi connectivity index (χ1) is 13.3. The lowest BCUT2D eigenvalue weighted by Crippen LogP contribution is -2.15. The minimum Gasteiger partial charge on any atom is -0.455 e. The largest absolute Gasteiger partial charge is 0.455 e. The number of carbonyl (C=O) groups excluding carboxylic acids is 1. The summed E-state index contributed by atoms with van der Waals surface area (Å²) >= 11 is 1.57. The van der Waals surface area contributed by atoms with Crippen LogP contribution in [0.2, 0.25) is 0 Å². The van der Waals surface area contributed by atoms with Crippen molar-refractivity contribution in [2.75, 3.05) is 0 Å². The third kappa shape index (κ3) is 2.98. The quantitative estimate of drug-likeness (QED) is 0.469. The van der Waals surface area contributed by atoms with Gasteiger partial charge in [0.25, 0.3) is 0 Å². The highest BCUT2D eigenvalue weighted by Crippen LogP contribution is 2.30. The van der Waals surface area contributed by atoms with E-state index >= 15 is 0 Å². The minimum absolute atomic E-state index is 0.198. The summed E-state index contributed by atoms with van der Waals surface area (Å²) in [5.41, 5.74) is 4.61. The predicted octanol–water partition coefficient (Wildman–Crippen LogP) is 5.08. The van der Waals surface area contributed by atoms with Crippen LogP contribution in [0.15, 0.2) is 48.5 Å². The molecule has 5 rings (SSSR count). The molecule has 134 valence electrons. The van der Waals surface area contributed by atoms with Crippen molar-refractivity contribution in [1.82, 2.24) is 9.97 Å². The number of hydrogen-bond donors (Lipinski definition) is 0. The Kier molecular flexibility index (Phi) is 4.09. The van der Waals surface area contributed by atoms with Crippen LogP contribution in [-0.4, -0.2) is 15.9 Å². The molecular formula is C22H18N2O2S. The number of benzene rings is 2. The van der Waals surface area contributed by atoms with Gasteiger partial charge < -0.3 is 4.74 Å². The lowest BCUT2D eigenvalue weighted by Gasteiger charge is -2.19. The zero-order chi connectivity index (χ0) is 18.2. The maximum atomic E-state index is 13.0. The Morgan fingerprint density at radius 2 is 1.74 bits per heavy atom. The van der Waals surface area contributed by atoms with Crippen molar-refractivity contribution in [3.63, 3.8) is 0 Å². The summed E-state index contributed by atoms with van der Waals surface area (Å²) in [6.45, 7) is 0.198. The molecule has 0 spiro atoms. The zero-order valence-corrected chi connectivity index (χ0v) is 15.6. The first-order valence-corrected chi connectivity index (χ1v) is 10.0. The van der Waals surface area contributed by atoms with E-state index in [-0.39, 0.29) is 12.6 Å². The van der Waals surface area contributed by atoms with Gasteiger partial charge in [-0.1, -0.05) is 30.3 Å². The summed E-state index contributed by atoms with van der Waals surface area (Å²) in [6, 6.07) is 15.8. The van der Waals surface area contributed by atoms with E-state index in [2.05, 4.69) is 4.98 Å². The Morgan fingerprint density at radius 1 is 0.963 bits per heavy atom. The number of esters is 1. The Bertz CT molecular complexity index is 1130. The molecule has 4 nitrogen and oxygen atoms in total. The SMILES string of the molecule is O=C(OCc1nc2ccccc2s1)c1c2c(nc3ccccc13)CCCC2. The van der Waals surface area contributed by atoms with Crippen LogP contribution < -0.4 is 0 Å². The predicted molar refractivity (Wildman–Crippen MR) is 107 cm³/mol. The van der Waals surface area contributed by atoms with E-state index < -0.39 is 0 Å². The summed E-state index contributed by atoms with van der Waals surface area (Å²) in [5.74, 6) is -0.272. The fourth-order valence-electron chi connectivity index (χ4n) is 3.79. The van der Waals surface area contributed by atoms with Gasteiger partial charge in [0.15, 0.2) is 0 Å². The highest BCUT2D eigenvalue weighted by molar-refractivity contribution is 7.18. The van der Waals surface area contributed by atoms with Gasteiger partial charge in [0, 0.05) is 11.1 Å². The average Bonchev–Trinajstić information content (AvgIpc) is 3.13. The molecule has 0 N–H and O–H groups in total. The summed E-state index contributed by atoms with van der Waals surface area (Å²) < 4.78 is 6.81. The van der Waals surface area contributed by atoms with Crippen molar-refractivity contribution >= 4 is 38.4 Å². The number of aromatic nitrogens is 2. The summed E-state index contributed by atoms with van der Waals surface area (Å²) in [6.07, 6.45) is 4.03. The van der Waals surface area contributed by atoms with Crippen LogP contribution in [0.3, 0.4) is 0 Å². The van der Waals surface area contributed by atoms with Crippen molar-refractivity contribution in [1.29, 1.82) is 0 Å². The molecule has 0 atom stereocenters. The van der Waals surface area contributed by atoms with Crippen molar-refractivity contribution in [2.24, 2.45) is 0 Å². The topological polar surface area (TPSA) is 52.1 Å². The number of hydrogen-bond acceptors (Lipinski definition) is 5. The molecule has 5 heteroatoms. The highest BCUT2D eigenvalue weighted by atomic mass is 32.1. The molecule has 1 aliphatic rings. The fourth-order valence-corrected chi connectivity index (χ4v) is 4.67. The molecule has 27 heavy (non-hydrogen) atoms. The molecule has 2 aromatic heterocycles. The number of nitrogens with zero attached hydrogens (tertiary/aromatic N) is 2. The molecule has 0 saturated carbocycles. The van der Waals surface area contributed by atoms with Crippen LogP contribution in [0.25, 0.3) is 21.1 Å². The molecule has 2 heterocycles. The van der Waals surface area contributed by atoms with Gasteiger partial charge in [0.2, 0.25) is 0 Å². The number of para-hydroxylation sites is 2. The first-order valence-electron chi connectivity index (χ1n) is 9.21. The molecule has 0 aliphatic heterocycles. The summed E-state index contributed by atoms with van der Waals surface area (Å²) in [4.78, 5) is 22.4. The molecule has 0 amide bonds. The molecule has 0 bridgehead atoms. The monoisotopic (exact) mass is 374 g/mol. The van der Waals surface area contributed by atoms with Gasteiger partial charge in [0.05, 0.1) is 21.3 Å². The lowest BCUT2D eigenvalue weighted by atomic mass is 9.90. The number of thiazole rings is 1. The van der Waals surface area contributed by atoms with E-state index in [4.69, 9.17) is 9.72 Å². The zero-order valence-electron chi connectivity index (χ0n) is 14.8. The van der Waals surface area contributed by atoms with Gasteiger partial charge in [-0.25, -0.2) is 9.78 Å². The smallest absolute Gasteiger partial charge is 0.339 e. The molecule has 0 fully saturated rings. The second-order valence-corrected chi connectivity index (χ2v) is 7.90. The third-order valence-electron chi connectivity index (χ3n) is 5.04. The Hall–Kier alpha value is -2.79. The summed E-state index contributed by atoms with van der Waals surface area (Å²) in [5, 5.41) is 1.70. The van der Waals surface area contributed by atoms with Gasteiger partial charge in [-0.3, -0.25) is 4.98 Å². The fraction of sp³-hybridized carbons (Fsp3) is 0.227. The Labute approximate surface area is 160 Å². The second-order valence-electron chi connectivity index (χ2n) is 6.79. The van der Waals surface area contributed by atoms with Gasteiger partial charge >= 0.3 is 5.97 Å². The molecule has 1 aliphatic carbocycles. The number of pyridine rings is 1. The molecule has 0 saturated heterocycles. The number of aryl methyl sites for hydroxylation is 1. The molecule has 0 unspecified atom stereocenters. The van der Waals surface area contributed by atoms with Crippen LogP contribution in [-0.2, 0) is 24.2 Å². The number of ether oxygens (including phenoxy) is 1. The van der Waals surface area contributed by atoms with E-state index in [9.17, 15) is 4.79 Å². The standard InChI is InChI=1S/C22H18N2O2S/c25-22(26-13-20-24-18-11-5-6-12-19(18)27-20)21-14-7-1-3-9-16(14)23-17-10-4-2-8-15(17)21/h1,3,5-7,9,11-12H,2,4,8,10,13H2. The Balaban J connectivity index is 1.49. The van der Waals surface area contributed by atoms with Crippen LogP contribution in [0.4, 0.5) is 0 Å². The molecule has 2 aromatic carbocycles. The van der Waals surface area contributed by atoms with Crippen molar-refractivity contribution < 1.29 is 9.53 Å². The van der Waals surface area contributed by atoms with Crippen molar-refractivity contribution in [3.05, 3.63) is 70.4 Å². The highest BCUT2D eigenvalue weighted by Gasteiger charge is 2.23. The van der Waals surface area contributed by atoms with Gasteiger partial charge in [-0.15, -0.1) is 11.3 Å². The molecule has 0 radical (unpaired) electrons. The minimum atomic E-state index is -0.272. The van der Waals surface area contributed by atoms with Crippen molar-refractivity contribution in [3.8, 4) is 0 Å². The average molecular weight is 374 g/mol. The number of fused-ring (bicyclic) bond motifs is 3. The van der Waals surface area contributed by atoms with Crippen LogP contribution >= 0.6 is 11.3 Å². The van der Waals surface area contributed by atoms with E-state index in [1.807, 2.05) is 48.5 Å². The van der Waals surface area contributed by atoms with Crippen LogP contribution in [0, 0.1) is 0 Å². The van der Waals surface area contributed by atoms with E-state index in [1.54, 1.807) is 11.3 Å². The molecule has 4 aromatic rings. The lowest BCUT2D eigenvalue weighted by molar-refractivity contribution is 0.0473. The number of rotatable bonds is 3. The molecular weight excluding hydrogens is 356 g/mol. The van der Waals surface area contributed by atoms with Crippen LogP contribution in [0.1, 0.15) is 39.5 Å². The van der Waals surface area contributed by atoms with Gasteiger partial charge in [-0.2, -0.15) is 0 Å². The van der Waals surface area contributed by atoms with Crippen LogP contribution in [0.5, 0.6) is 0 Å². The van der Waals surface area contributed by atoms with E-state index in [0.717, 1.165) is 63.1 Å². The first kappa shape index (κ1) is 16.4. The van der Waals surface area contributed by atoms with E-state index in [1.165, 1.54) is 0 Å². The normalized spacial score (nSPS) is 13.6. The van der Waals surface area contributed by atoms with Gasteiger partial charge in [-0.05, 0) is 49.4 Å². The van der Waals surface area contributed by atoms with Gasteiger partial charge in [0.1, 0.15) is 11.6 Å². The van der Waals surface area contributed by atoms with E-state index in [0.29, 0.717) is 5.56 Å². The summed E-state index contributed by atoms with van der Waals surface area (Å²) in [7, 11) is 0. The van der Waals surface area contributed by atoms with Crippen molar-refractivity contribution in [2.45, 2.75) is 32.3 Å². The Morgan fingerprint density at radius 3 is 2.63 bits per heavy atom. The number of carbonyl (C=O) groups is 1. The maximum absolute atomic E-state index is 13.0.